The van der Waals surface area contributed by atoms with E-state index in [0.29, 0.717) is 11.6 Å². The standard InChI is InChI=1S/C11H21N7/c1-17-4-6-18(7-5-17)3-2-8-9(12)15-11(14)16-10(8)13/h2-7H2,1H3,(H6,12,13,14,15,16). The van der Waals surface area contributed by atoms with E-state index < -0.39 is 0 Å². The maximum absolute atomic E-state index is 5.82. The molecule has 0 spiro atoms. The molecule has 0 saturated carbocycles. The summed E-state index contributed by atoms with van der Waals surface area (Å²) in [7, 11) is 2.14. The Hall–Kier alpha value is -1.60. The Morgan fingerprint density at radius 3 is 2.11 bits per heavy atom. The van der Waals surface area contributed by atoms with Crippen molar-refractivity contribution >= 4 is 17.6 Å². The number of nitrogens with zero attached hydrogens (tertiary/aromatic N) is 4. The number of anilines is 3. The minimum Gasteiger partial charge on any atom is -0.383 e. The maximum Gasteiger partial charge on any atom is 0.223 e. The van der Waals surface area contributed by atoms with E-state index in [9.17, 15) is 0 Å². The van der Waals surface area contributed by atoms with E-state index in [0.717, 1.165) is 44.7 Å². The smallest absolute Gasteiger partial charge is 0.223 e. The molecule has 1 aliphatic heterocycles. The van der Waals surface area contributed by atoms with Crippen molar-refractivity contribution < 1.29 is 0 Å². The van der Waals surface area contributed by atoms with Gasteiger partial charge in [-0.2, -0.15) is 9.97 Å². The van der Waals surface area contributed by atoms with E-state index in [2.05, 4.69) is 26.8 Å². The Balaban J connectivity index is 1.94. The molecule has 2 heterocycles. The van der Waals surface area contributed by atoms with Gasteiger partial charge in [-0.1, -0.05) is 0 Å². The molecule has 0 radical (unpaired) electrons. The lowest BCUT2D eigenvalue weighted by Gasteiger charge is -2.32. The summed E-state index contributed by atoms with van der Waals surface area (Å²) in [6.45, 7) is 5.28. The number of hydrogen-bond acceptors (Lipinski definition) is 7. The van der Waals surface area contributed by atoms with Gasteiger partial charge in [0, 0.05) is 38.3 Å². The zero-order valence-electron chi connectivity index (χ0n) is 10.8. The van der Waals surface area contributed by atoms with Crippen LogP contribution < -0.4 is 17.2 Å². The molecule has 1 saturated heterocycles. The number of hydrogen-bond donors (Lipinski definition) is 3. The lowest BCUT2D eigenvalue weighted by atomic mass is 10.2. The highest BCUT2D eigenvalue weighted by molar-refractivity contribution is 5.55. The van der Waals surface area contributed by atoms with Crippen LogP contribution in [0.2, 0.25) is 0 Å². The van der Waals surface area contributed by atoms with Crippen LogP contribution in [0, 0.1) is 0 Å². The molecule has 1 aromatic rings. The molecular weight excluding hydrogens is 230 g/mol. The van der Waals surface area contributed by atoms with Crippen molar-refractivity contribution in [3.05, 3.63) is 5.56 Å². The van der Waals surface area contributed by atoms with Gasteiger partial charge in [0.15, 0.2) is 0 Å². The number of nitrogen functional groups attached to an aromatic ring is 3. The van der Waals surface area contributed by atoms with Crippen LogP contribution in [0.25, 0.3) is 0 Å². The van der Waals surface area contributed by atoms with Gasteiger partial charge in [-0.15, -0.1) is 0 Å². The zero-order valence-corrected chi connectivity index (χ0v) is 10.8. The summed E-state index contributed by atoms with van der Waals surface area (Å²) in [6, 6.07) is 0. The highest BCUT2D eigenvalue weighted by Crippen LogP contribution is 2.17. The van der Waals surface area contributed by atoms with E-state index in [-0.39, 0.29) is 5.95 Å². The first-order valence-corrected chi connectivity index (χ1v) is 6.14. The third-order valence-electron chi connectivity index (χ3n) is 3.36. The van der Waals surface area contributed by atoms with Gasteiger partial charge in [-0.05, 0) is 13.5 Å². The molecule has 0 aliphatic carbocycles. The highest BCUT2D eigenvalue weighted by Gasteiger charge is 2.15. The third-order valence-corrected chi connectivity index (χ3v) is 3.36. The molecule has 0 amide bonds. The summed E-state index contributed by atoms with van der Waals surface area (Å²) in [5.74, 6) is 0.927. The molecule has 7 nitrogen and oxygen atoms in total. The van der Waals surface area contributed by atoms with Crippen LogP contribution in [0.5, 0.6) is 0 Å². The van der Waals surface area contributed by atoms with E-state index in [1.165, 1.54) is 0 Å². The highest BCUT2D eigenvalue weighted by atomic mass is 15.2. The first-order valence-electron chi connectivity index (χ1n) is 6.14. The third kappa shape index (κ3) is 2.99. The predicted octanol–water partition coefficient (Wildman–Crippen LogP) is -0.987. The second kappa shape index (κ2) is 5.36. The summed E-state index contributed by atoms with van der Waals surface area (Å²) in [4.78, 5) is 12.6. The summed E-state index contributed by atoms with van der Waals surface area (Å²) < 4.78 is 0. The average Bonchev–Trinajstić information content (AvgIpc) is 2.30. The summed E-state index contributed by atoms with van der Waals surface area (Å²) in [5, 5.41) is 0. The normalized spacial score (nSPS) is 18.1. The number of likely N-dealkylation sites (N-methyl/N-ethyl adjacent to an activating group) is 1. The van der Waals surface area contributed by atoms with E-state index >= 15 is 0 Å². The van der Waals surface area contributed by atoms with Gasteiger partial charge < -0.3 is 27.0 Å². The summed E-state index contributed by atoms with van der Waals surface area (Å²) in [5.41, 5.74) is 17.9. The van der Waals surface area contributed by atoms with E-state index in [1.54, 1.807) is 0 Å². The Bertz CT molecular complexity index is 389. The predicted molar refractivity (Wildman–Crippen MR) is 72.9 cm³/mol. The molecule has 7 heteroatoms. The molecule has 2 rings (SSSR count). The lowest BCUT2D eigenvalue weighted by molar-refractivity contribution is 0.155. The molecule has 0 bridgehead atoms. The molecule has 0 atom stereocenters. The van der Waals surface area contributed by atoms with Crippen molar-refractivity contribution in [2.75, 3.05) is 57.0 Å². The van der Waals surface area contributed by atoms with Crippen LogP contribution >= 0.6 is 0 Å². The Labute approximate surface area is 107 Å². The molecular formula is C11H21N7. The number of rotatable bonds is 3. The Morgan fingerprint density at radius 1 is 1.00 bits per heavy atom. The quantitative estimate of drug-likeness (QED) is 0.632. The number of piperazine rings is 1. The molecule has 6 N–H and O–H groups in total. The van der Waals surface area contributed by atoms with Crippen LogP contribution in [-0.4, -0.2) is 59.5 Å². The van der Waals surface area contributed by atoms with Crippen molar-refractivity contribution in [2.45, 2.75) is 6.42 Å². The van der Waals surface area contributed by atoms with Crippen LogP contribution in [0.1, 0.15) is 5.56 Å². The minimum atomic E-state index is 0.133. The maximum atomic E-state index is 5.82. The van der Waals surface area contributed by atoms with Gasteiger partial charge >= 0.3 is 0 Å². The first-order chi connectivity index (χ1) is 8.56. The van der Waals surface area contributed by atoms with E-state index in [4.69, 9.17) is 17.2 Å². The van der Waals surface area contributed by atoms with Crippen molar-refractivity contribution in [1.29, 1.82) is 0 Å². The molecule has 0 aromatic carbocycles. The van der Waals surface area contributed by atoms with Crippen molar-refractivity contribution in [3.8, 4) is 0 Å². The van der Waals surface area contributed by atoms with Gasteiger partial charge in [0.1, 0.15) is 11.6 Å². The van der Waals surface area contributed by atoms with Crippen LogP contribution in [-0.2, 0) is 6.42 Å². The Kier molecular flexibility index (Phi) is 3.83. The fraction of sp³-hybridized carbons (Fsp3) is 0.636. The van der Waals surface area contributed by atoms with Gasteiger partial charge in [0.05, 0.1) is 0 Å². The zero-order chi connectivity index (χ0) is 13.1. The molecule has 1 aromatic heterocycles. The molecule has 18 heavy (non-hydrogen) atoms. The molecule has 1 fully saturated rings. The average molecular weight is 251 g/mol. The SMILES string of the molecule is CN1CCN(CCc2c(N)nc(N)nc2N)CC1. The number of aromatic nitrogens is 2. The summed E-state index contributed by atoms with van der Waals surface area (Å²) in [6.07, 6.45) is 0.766. The van der Waals surface area contributed by atoms with Gasteiger partial charge in [-0.25, -0.2) is 0 Å². The topological polar surface area (TPSA) is 110 Å². The van der Waals surface area contributed by atoms with Crippen LogP contribution in [0.3, 0.4) is 0 Å². The second-order valence-electron chi connectivity index (χ2n) is 4.73. The second-order valence-corrected chi connectivity index (χ2v) is 4.73. The van der Waals surface area contributed by atoms with E-state index in [1.807, 2.05) is 0 Å². The molecule has 100 valence electrons. The van der Waals surface area contributed by atoms with Gasteiger partial charge in [-0.3, -0.25) is 0 Å². The van der Waals surface area contributed by atoms with Gasteiger partial charge in [0.25, 0.3) is 0 Å². The monoisotopic (exact) mass is 251 g/mol. The first kappa shape index (κ1) is 12.8. The van der Waals surface area contributed by atoms with Crippen molar-refractivity contribution in [2.24, 2.45) is 0 Å². The van der Waals surface area contributed by atoms with Crippen LogP contribution in [0.4, 0.5) is 17.6 Å². The van der Waals surface area contributed by atoms with Crippen LogP contribution in [0.15, 0.2) is 0 Å². The van der Waals surface area contributed by atoms with Crippen molar-refractivity contribution in [1.82, 2.24) is 19.8 Å². The Morgan fingerprint density at radius 2 is 1.56 bits per heavy atom. The van der Waals surface area contributed by atoms with Crippen molar-refractivity contribution in [3.63, 3.8) is 0 Å². The lowest BCUT2D eigenvalue weighted by Crippen LogP contribution is -2.45. The minimum absolute atomic E-state index is 0.133. The molecule has 1 aliphatic rings. The fourth-order valence-corrected chi connectivity index (χ4v) is 2.14. The largest absolute Gasteiger partial charge is 0.383 e. The van der Waals surface area contributed by atoms with Gasteiger partial charge in [0.2, 0.25) is 5.95 Å². The molecule has 0 unspecified atom stereocenters. The summed E-state index contributed by atoms with van der Waals surface area (Å²) >= 11 is 0. The fourth-order valence-electron chi connectivity index (χ4n) is 2.14. The number of nitrogens with two attached hydrogens (primary N) is 3.